The number of aromatic nitrogens is 3. The smallest absolute Gasteiger partial charge is 0.228 e. The Bertz CT molecular complexity index is 507. The van der Waals surface area contributed by atoms with Crippen molar-refractivity contribution >= 4 is 0 Å². The topological polar surface area (TPSA) is 63.8 Å². The SMILES string of the molecule is CNC(Cc1nc(-c2cccnc2)no1)C1CC1. The maximum absolute atomic E-state index is 5.30. The molecule has 0 aliphatic heterocycles. The number of hydrogen-bond donors (Lipinski definition) is 1. The van der Waals surface area contributed by atoms with Crippen LogP contribution in [0.25, 0.3) is 11.4 Å². The minimum Gasteiger partial charge on any atom is -0.339 e. The summed E-state index contributed by atoms with van der Waals surface area (Å²) in [5.41, 5.74) is 0.889. The fourth-order valence-corrected chi connectivity index (χ4v) is 2.14. The van der Waals surface area contributed by atoms with Gasteiger partial charge in [0, 0.05) is 30.4 Å². The minimum absolute atomic E-state index is 0.451. The van der Waals surface area contributed by atoms with Gasteiger partial charge in [0.25, 0.3) is 0 Å². The van der Waals surface area contributed by atoms with Gasteiger partial charge in [-0.25, -0.2) is 0 Å². The van der Waals surface area contributed by atoms with E-state index in [1.807, 2.05) is 19.2 Å². The molecule has 18 heavy (non-hydrogen) atoms. The van der Waals surface area contributed by atoms with Gasteiger partial charge in [0.15, 0.2) is 0 Å². The van der Waals surface area contributed by atoms with Crippen LogP contribution in [0.5, 0.6) is 0 Å². The quantitative estimate of drug-likeness (QED) is 0.866. The van der Waals surface area contributed by atoms with Crippen molar-refractivity contribution in [1.82, 2.24) is 20.4 Å². The lowest BCUT2D eigenvalue weighted by Gasteiger charge is -2.11. The number of nitrogens with zero attached hydrogens (tertiary/aromatic N) is 3. The van der Waals surface area contributed by atoms with E-state index in [4.69, 9.17) is 4.52 Å². The molecule has 94 valence electrons. The van der Waals surface area contributed by atoms with Crippen molar-refractivity contribution < 1.29 is 4.52 Å². The molecule has 1 unspecified atom stereocenters. The van der Waals surface area contributed by atoms with Crippen molar-refractivity contribution in [3.63, 3.8) is 0 Å². The van der Waals surface area contributed by atoms with E-state index < -0.39 is 0 Å². The van der Waals surface area contributed by atoms with E-state index in [9.17, 15) is 0 Å². The summed E-state index contributed by atoms with van der Waals surface area (Å²) in [4.78, 5) is 8.47. The second-order valence-electron chi connectivity index (χ2n) is 4.69. The van der Waals surface area contributed by atoms with Crippen molar-refractivity contribution in [2.75, 3.05) is 7.05 Å². The molecule has 1 saturated carbocycles. The minimum atomic E-state index is 0.451. The van der Waals surface area contributed by atoms with Gasteiger partial charge in [-0.2, -0.15) is 4.98 Å². The highest BCUT2D eigenvalue weighted by Gasteiger charge is 2.31. The van der Waals surface area contributed by atoms with E-state index in [0.29, 0.717) is 17.8 Å². The molecule has 5 nitrogen and oxygen atoms in total. The molecule has 0 saturated heterocycles. The van der Waals surface area contributed by atoms with Crippen molar-refractivity contribution in [2.24, 2.45) is 5.92 Å². The number of nitrogens with one attached hydrogen (secondary N) is 1. The molecule has 2 heterocycles. The van der Waals surface area contributed by atoms with E-state index in [-0.39, 0.29) is 0 Å². The van der Waals surface area contributed by atoms with E-state index in [0.717, 1.165) is 17.9 Å². The first-order valence-electron chi connectivity index (χ1n) is 6.27. The predicted octanol–water partition coefficient (Wildman–Crippen LogP) is 1.67. The predicted molar refractivity (Wildman–Crippen MR) is 66.8 cm³/mol. The summed E-state index contributed by atoms with van der Waals surface area (Å²) >= 11 is 0. The first-order chi connectivity index (χ1) is 8.86. The van der Waals surface area contributed by atoms with Crippen LogP contribution >= 0.6 is 0 Å². The van der Waals surface area contributed by atoms with Crippen LogP contribution in [0.3, 0.4) is 0 Å². The van der Waals surface area contributed by atoms with Crippen molar-refractivity contribution in [3.8, 4) is 11.4 Å². The maximum Gasteiger partial charge on any atom is 0.228 e. The highest BCUT2D eigenvalue weighted by Crippen LogP contribution is 2.33. The Labute approximate surface area is 106 Å². The zero-order chi connectivity index (χ0) is 12.4. The number of hydrogen-bond acceptors (Lipinski definition) is 5. The highest BCUT2D eigenvalue weighted by molar-refractivity contribution is 5.51. The summed E-state index contributed by atoms with van der Waals surface area (Å²) in [5.74, 6) is 2.08. The van der Waals surface area contributed by atoms with Gasteiger partial charge in [-0.3, -0.25) is 4.98 Å². The molecule has 2 aromatic heterocycles. The molecule has 1 N–H and O–H groups in total. The van der Waals surface area contributed by atoms with Gasteiger partial charge in [-0.15, -0.1) is 0 Å². The molecule has 1 aliphatic rings. The fraction of sp³-hybridized carbons (Fsp3) is 0.462. The third-order valence-electron chi connectivity index (χ3n) is 3.34. The van der Waals surface area contributed by atoms with Gasteiger partial charge in [0.05, 0.1) is 0 Å². The zero-order valence-electron chi connectivity index (χ0n) is 10.3. The Kier molecular flexibility index (Phi) is 3.06. The number of rotatable bonds is 5. The third-order valence-corrected chi connectivity index (χ3v) is 3.34. The molecule has 1 fully saturated rings. The van der Waals surface area contributed by atoms with E-state index in [1.54, 1.807) is 12.4 Å². The van der Waals surface area contributed by atoms with Gasteiger partial charge in [0.1, 0.15) is 0 Å². The molecule has 0 spiro atoms. The van der Waals surface area contributed by atoms with Crippen molar-refractivity contribution in [2.45, 2.75) is 25.3 Å². The molecule has 3 rings (SSSR count). The molecule has 1 aliphatic carbocycles. The zero-order valence-corrected chi connectivity index (χ0v) is 10.3. The standard InChI is InChI=1S/C13H16N4O/c1-14-11(9-4-5-9)7-12-16-13(17-18-12)10-3-2-6-15-8-10/h2-3,6,8-9,11,14H,4-5,7H2,1H3. The average molecular weight is 244 g/mol. The first kappa shape index (κ1) is 11.3. The van der Waals surface area contributed by atoms with E-state index >= 15 is 0 Å². The lowest BCUT2D eigenvalue weighted by Crippen LogP contribution is -2.29. The van der Waals surface area contributed by atoms with Gasteiger partial charge in [-0.1, -0.05) is 5.16 Å². The summed E-state index contributed by atoms with van der Waals surface area (Å²) in [7, 11) is 1.99. The van der Waals surface area contributed by atoms with Gasteiger partial charge >= 0.3 is 0 Å². The van der Waals surface area contributed by atoms with Gasteiger partial charge in [0.2, 0.25) is 11.7 Å². The van der Waals surface area contributed by atoms with Gasteiger partial charge < -0.3 is 9.84 Å². The monoisotopic (exact) mass is 244 g/mol. The van der Waals surface area contributed by atoms with E-state index in [2.05, 4.69) is 20.4 Å². The normalized spacial score (nSPS) is 16.7. The summed E-state index contributed by atoms with van der Waals surface area (Å²) in [5, 5.41) is 7.32. The Balaban J connectivity index is 1.73. The molecule has 5 heteroatoms. The first-order valence-corrected chi connectivity index (χ1v) is 6.27. The fourth-order valence-electron chi connectivity index (χ4n) is 2.14. The van der Waals surface area contributed by atoms with Crippen LogP contribution in [0, 0.1) is 5.92 Å². The van der Waals surface area contributed by atoms with Crippen LogP contribution in [0.15, 0.2) is 29.0 Å². The highest BCUT2D eigenvalue weighted by atomic mass is 16.5. The Hall–Kier alpha value is -1.75. The molecule has 0 amide bonds. The van der Waals surface area contributed by atoms with Crippen molar-refractivity contribution in [1.29, 1.82) is 0 Å². The second kappa shape index (κ2) is 4.86. The summed E-state index contributed by atoms with van der Waals surface area (Å²) in [6.45, 7) is 0. The van der Waals surface area contributed by atoms with Gasteiger partial charge in [-0.05, 0) is 37.9 Å². The summed E-state index contributed by atoms with van der Waals surface area (Å²) < 4.78 is 5.30. The van der Waals surface area contributed by atoms with Crippen LogP contribution in [0.2, 0.25) is 0 Å². The Morgan fingerprint density at radius 1 is 1.50 bits per heavy atom. The molecule has 0 radical (unpaired) electrons. The molecule has 0 bridgehead atoms. The number of likely N-dealkylation sites (N-methyl/N-ethyl adjacent to an activating group) is 1. The lowest BCUT2D eigenvalue weighted by atomic mass is 10.1. The second-order valence-corrected chi connectivity index (χ2v) is 4.69. The van der Waals surface area contributed by atoms with Crippen molar-refractivity contribution in [3.05, 3.63) is 30.4 Å². The lowest BCUT2D eigenvalue weighted by molar-refractivity contribution is 0.352. The summed E-state index contributed by atoms with van der Waals surface area (Å²) in [6, 6.07) is 4.25. The molecule has 2 aromatic rings. The molecular weight excluding hydrogens is 228 g/mol. The largest absolute Gasteiger partial charge is 0.339 e. The molecular formula is C13H16N4O. The van der Waals surface area contributed by atoms with E-state index in [1.165, 1.54) is 12.8 Å². The van der Waals surface area contributed by atoms with Crippen LogP contribution in [0.4, 0.5) is 0 Å². The maximum atomic E-state index is 5.30. The third kappa shape index (κ3) is 2.41. The molecule has 0 aromatic carbocycles. The number of pyridine rings is 1. The molecule has 1 atom stereocenters. The van der Waals surface area contributed by atoms with Crippen LogP contribution in [-0.4, -0.2) is 28.2 Å². The Morgan fingerprint density at radius 2 is 2.39 bits per heavy atom. The Morgan fingerprint density at radius 3 is 3.06 bits per heavy atom. The summed E-state index contributed by atoms with van der Waals surface area (Å²) in [6.07, 6.45) is 6.87. The van der Waals surface area contributed by atoms with Crippen LogP contribution < -0.4 is 5.32 Å². The average Bonchev–Trinajstić information content (AvgIpc) is 3.16. The van der Waals surface area contributed by atoms with Crippen LogP contribution in [-0.2, 0) is 6.42 Å². The van der Waals surface area contributed by atoms with Crippen LogP contribution in [0.1, 0.15) is 18.7 Å².